The Balaban J connectivity index is 2.17. The van der Waals surface area contributed by atoms with E-state index in [9.17, 15) is 8.78 Å². The van der Waals surface area contributed by atoms with Crippen molar-refractivity contribution in [3.05, 3.63) is 58.1 Å². The van der Waals surface area contributed by atoms with Crippen LogP contribution < -0.4 is 0 Å². The summed E-state index contributed by atoms with van der Waals surface area (Å²) in [7, 11) is 2.19. The fraction of sp³-hybridized carbons (Fsp3) is 0. The molecule has 2 aromatic rings. The quantitative estimate of drug-likeness (QED) is 0.629. The van der Waals surface area contributed by atoms with E-state index in [1.807, 2.05) is 0 Å². The predicted octanol–water partition coefficient (Wildman–Crippen LogP) is 6.07. The van der Waals surface area contributed by atoms with Crippen LogP contribution in [0.15, 0.2) is 46.2 Å². The van der Waals surface area contributed by atoms with Crippen molar-refractivity contribution in [2.45, 2.75) is 9.79 Å². The smallest absolute Gasteiger partial charge is 0.156 e. The summed E-state index contributed by atoms with van der Waals surface area (Å²) in [6.07, 6.45) is 0. The van der Waals surface area contributed by atoms with Crippen molar-refractivity contribution in [2.24, 2.45) is 0 Å². The first-order chi connectivity index (χ1) is 8.59. The molecule has 0 saturated heterocycles. The Labute approximate surface area is 121 Å². The third kappa shape index (κ3) is 3.12. The van der Waals surface area contributed by atoms with Crippen LogP contribution in [0.5, 0.6) is 0 Å². The summed E-state index contributed by atoms with van der Waals surface area (Å²) < 4.78 is 27.2. The van der Waals surface area contributed by atoms with Gasteiger partial charge >= 0.3 is 0 Å². The van der Waals surface area contributed by atoms with Gasteiger partial charge in [-0.25, -0.2) is 8.78 Å². The second kappa shape index (κ2) is 6.15. The molecule has 0 bridgehead atoms. The number of hydrogen-bond donors (Lipinski definition) is 0. The zero-order valence-corrected chi connectivity index (χ0v) is 11.9. The summed E-state index contributed by atoms with van der Waals surface area (Å²) in [6.45, 7) is 0. The molecular weight excluding hydrogens is 317 g/mol. The topological polar surface area (TPSA) is 0 Å². The molecule has 0 heterocycles. The molecule has 0 N–H and O–H groups in total. The van der Waals surface area contributed by atoms with Gasteiger partial charge in [0.05, 0.1) is 19.8 Å². The highest BCUT2D eigenvalue weighted by molar-refractivity contribution is 8.76. The Morgan fingerprint density at radius 2 is 1.11 bits per heavy atom. The van der Waals surface area contributed by atoms with E-state index in [4.69, 9.17) is 23.2 Å². The van der Waals surface area contributed by atoms with Gasteiger partial charge in [0.25, 0.3) is 0 Å². The molecule has 0 fully saturated rings. The lowest BCUT2D eigenvalue weighted by Crippen LogP contribution is -1.82. The Morgan fingerprint density at radius 1 is 0.722 bits per heavy atom. The van der Waals surface area contributed by atoms with E-state index in [-0.39, 0.29) is 10.0 Å². The summed E-state index contributed by atoms with van der Waals surface area (Å²) in [5.74, 6) is -1.00. The summed E-state index contributed by atoms with van der Waals surface area (Å²) >= 11 is 11.3. The first-order valence-corrected chi connectivity index (χ1v) is 7.72. The summed E-state index contributed by atoms with van der Waals surface area (Å²) in [5, 5.41) is 0.0966. The minimum absolute atomic E-state index is 0.0483. The largest absolute Gasteiger partial charge is 0.204 e. The molecule has 0 unspecified atom stereocenters. The van der Waals surface area contributed by atoms with Crippen molar-refractivity contribution in [3.8, 4) is 0 Å². The fourth-order valence-corrected chi connectivity index (χ4v) is 3.77. The van der Waals surface area contributed by atoms with Gasteiger partial charge in [0.15, 0.2) is 11.6 Å². The third-order valence-electron chi connectivity index (χ3n) is 2.05. The molecule has 94 valence electrons. The summed E-state index contributed by atoms with van der Waals surface area (Å²) in [6, 6.07) is 9.38. The van der Waals surface area contributed by atoms with Crippen molar-refractivity contribution in [1.29, 1.82) is 0 Å². The predicted molar refractivity (Wildman–Crippen MR) is 74.5 cm³/mol. The lowest BCUT2D eigenvalue weighted by Gasteiger charge is -2.05. The van der Waals surface area contributed by atoms with Gasteiger partial charge in [0, 0.05) is 0 Å². The van der Waals surface area contributed by atoms with Gasteiger partial charge < -0.3 is 0 Å². The van der Waals surface area contributed by atoms with Crippen molar-refractivity contribution in [3.63, 3.8) is 0 Å². The molecule has 0 aliphatic rings. The zero-order valence-electron chi connectivity index (χ0n) is 8.79. The van der Waals surface area contributed by atoms with Crippen LogP contribution in [-0.4, -0.2) is 0 Å². The molecular formula is C12H6Cl2F2S2. The van der Waals surface area contributed by atoms with Gasteiger partial charge in [0.2, 0.25) is 0 Å². The average molecular weight is 323 g/mol. The number of hydrogen-bond acceptors (Lipinski definition) is 2. The van der Waals surface area contributed by atoms with Crippen molar-refractivity contribution in [1.82, 2.24) is 0 Å². The molecule has 0 amide bonds. The third-order valence-corrected chi connectivity index (χ3v) is 5.04. The number of benzene rings is 2. The minimum atomic E-state index is -0.501. The van der Waals surface area contributed by atoms with E-state index in [2.05, 4.69) is 0 Å². The highest BCUT2D eigenvalue weighted by Crippen LogP contribution is 2.41. The molecule has 0 aliphatic heterocycles. The van der Waals surface area contributed by atoms with E-state index in [1.54, 1.807) is 24.3 Å². The SMILES string of the molecule is Fc1c(Cl)cccc1SSc1cccc(Cl)c1F. The van der Waals surface area contributed by atoms with Gasteiger partial charge in [-0.05, 0) is 45.9 Å². The second-order valence-corrected chi connectivity index (χ2v) is 6.30. The monoisotopic (exact) mass is 322 g/mol. The maximum Gasteiger partial charge on any atom is 0.156 e. The molecule has 0 spiro atoms. The van der Waals surface area contributed by atoms with E-state index in [0.29, 0.717) is 9.79 Å². The maximum atomic E-state index is 13.6. The van der Waals surface area contributed by atoms with Crippen LogP contribution in [0, 0.1) is 11.6 Å². The normalized spacial score (nSPS) is 10.7. The lowest BCUT2D eigenvalue weighted by molar-refractivity contribution is 0.601. The summed E-state index contributed by atoms with van der Waals surface area (Å²) in [5.41, 5.74) is 0. The molecule has 0 nitrogen and oxygen atoms in total. The maximum absolute atomic E-state index is 13.6. The van der Waals surface area contributed by atoms with Gasteiger partial charge in [-0.1, -0.05) is 35.3 Å². The van der Waals surface area contributed by atoms with E-state index < -0.39 is 11.6 Å². The highest BCUT2D eigenvalue weighted by atomic mass is 35.5. The Morgan fingerprint density at radius 3 is 1.50 bits per heavy atom. The van der Waals surface area contributed by atoms with E-state index in [0.717, 1.165) is 21.6 Å². The number of halogens is 4. The molecule has 6 heteroatoms. The zero-order chi connectivity index (χ0) is 13.1. The molecule has 2 aromatic carbocycles. The van der Waals surface area contributed by atoms with Crippen LogP contribution in [0.2, 0.25) is 10.0 Å². The lowest BCUT2D eigenvalue weighted by atomic mass is 10.3. The van der Waals surface area contributed by atoms with Crippen LogP contribution in [0.25, 0.3) is 0 Å². The van der Waals surface area contributed by atoms with Crippen molar-refractivity contribution < 1.29 is 8.78 Å². The van der Waals surface area contributed by atoms with Crippen LogP contribution in [0.3, 0.4) is 0 Å². The molecule has 0 aliphatic carbocycles. The van der Waals surface area contributed by atoms with Gasteiger partial charge in [-0.15, -0.1) is 0 Å². The highest BCUT2D eigenvalue weighted by Gasteiger charge is 2.11. The molecule has 0 atom stereocenters. The molecule has 2 rings (SSSR count). The van der Waals surface area contributed by atoms with Crippen LogP contribution >= 0.6 is 44.8 Å². The van der Waals surface area contributed by atoms with Crippen LogP contribution in [0.1, 0.15) is 0 Å². The first-order valence-electron chi connectivity index (χ1n) is 4.82. The van der Waals surface area contributed by atoms with E-state index in [1.165, 1.54) is 12.1 Å². The standard InChI is InChI=1S/C12H6Cl2F2S2/c13-7-3-1-5-9(11(7)15)17-18-10-6-2-4-8(14)12(10)16/h1-6H. The Bertz CT molecular complexity index is 524. The van der Waals surface area contributed by atoms with Gasteiger partial charge in [0.1, 0.15) is 0 Å². The Kier molecular flexibility index (Phi) is 4.78. The van der Waals surface area contributed by atoms with Gasteiger partial charge in [-0.2, -0.15) is 0 Å². The van der Waals surface area contributed by atoms with Crippen LogP contribution in [-0.2, 0) is 0 Å². The van der Waals surface area contributed by atoms with Crippen molar-refractivity contribution >= 4 is 44.8 Å². The summed E-state index contributed by atoms with van der Waals surface area (Å²) in [4.78, 5) is 0.707. The van der Waals surface area contributed by atoms with E-state index >= 15 is 0 Å². The van der Waals surface area contributed by atoms with Gasteiger partial charge in [-0.3, -0.25) is 0 Å². The fourth-order valence-electron chi connectivity index (χ4n) is 1.19. The second-order valence-electron chi connectivity index (χ2n) is 3.27. The van der Waals surface area contributed by atoms with Crippen LogP contribution in [0.4, 0.5) is 8.78 Å². The minimum Gasteiger partial charge on any atom is -0.204 e. The average Bonchev–Trinajstić information content (AvgIpc) is 2.36. The molecule has 0 aromatic heterocycles. The molecule has 0 radical (unpaired) electrons. The molecule has 0 saturated carbocycles. The number of rotatable bonds is 3. The first kappa shape index (κ1) is 14.0. The Hall–Kier alpha value is -0.420. The van der Waals surface area contributed by atoms with Crippen molar-refractivity contribution in [2.75, 3.05) is 0 Å². The molecule has 18 heavy (non-hydrogen) atoms.